The first-order valence-corrected chi connectivity index (χ1v) is 3.83. The summed E-state index contributed by atoms with van der Waals surface area (Å²) in [6, 6.07) is 8.92. The fourth-order valence-corrected chi connectivity index (χ4v) is 0.918. The van der Waals surface area contributed by atoms with E-state index in [0.717, 1.165) is 5.57 Å². The Morgan fingerprint density at radius 3 is 2.50 bits per heavy atom. The van der Waals surface area contributed by atoms with E-state index in [2.05, 4.69) is 6.58 Å². The molecule has 0 fully saturated rings. The van der Waals surface area contributed by atoms with Crippen LogP contribution >= 0.6 is 0 Å². The molecular weight excluding hydrogens is 153 g/mol. The van der Waals surface area contributed by atoms with E-state index in [0.29, 0.717) is 10.8 Å². The van der Waals surface area contributed by atoms with E-state index in [-0.39, 0.29) is 6.54 Å². The zero-order valence-corrected chi connectivity index (χ0v) is 7.13. The molecule has 0 atom stereocenters. The van der Waals surface area contributed by atoms with Gasteiger partial charge in [0.2, 0.25) is 0 Å². The molecule has 0 spiro atoms. The van der Waals surface area contributed by atoms with E-state index in [1.807, 2.05) is 6.07 Å². The van der Waals surface area contributed by atoms with Gasteiger partial charge < -0.3 is 0 Å². The van der Waals surface area contributed by atoms with E-state index < -0.39 is 0 Å². The quantitative estimate of drug-likeness (QED) is 0.491. The molecule has 0 saturated carbocycles. The summed E-state index contributed by atoms with van der Waals surface area (Å²) in [5.41, 5.74) is 1.38. The van der Waals surface area contributed by atoms with E-state index in [1.54, 1.807) is 31.2 Å². The van der Waals surface area contributed by atoms with Crippen molar-refractivity contribution in [3.8, 4) is 0 Å². The van der Waals surface area contributed by atoms with Gasteiger partial charge in [0.15, 0.2) is 0 Å². The number of nitrogens with zero attached hydrogens (tertiary/aromatic N) is 1. The molecule has 0 amide bonds. The Balaban J connectivity index is 2.65. The van der Waals surface area contributed by atoms with Crippen LogP contribution < -0.4 is 5.12 Å². The first-order chi connectivity index (χ1) is 5.70. The predicted molar refractivity (Wildman–Crippen MR) is 49.7 cm³/mol. The van der Waals surface area contributed by atoms with Crippen molar-refractivity contribution >= 4 is 5.69 Å². The van der Waals surface area contributed by atoms with Crippen LogP contribution in [-0.2, 0) is 0 Å². The minimum atomic E-state index is 0.254. The smallest absolute Gasteiger partial charge is 0.0710 e. The Labute approximate surface area is 72.1 Å². The Morgan fingerprint density at radius 1 is 1.42 bits per heavy atom. The lowest BCUT2D eigenvalue weighted by Crippen LogP contribution is -2.13. The number of para-hydroxylation sites is 1. The molecule has 1 aromatic rings. The van der Waals surface area contributed by atoms with Crippen LogP contribution in [0.2, 0.25) is 0 Å². The van der Waals surface area contributed by atoms with Gasteiger partial charge in [0.05, 0.1) is 12.2 Å². The average Bonchev–Trinajstić information content (AvgIpc) is 2.05. The highest BCUT2D eigenvalue weighted by atomic mass is 19.2. The van der Waals surface area contributed by atoms with Crippen LogP contribution in [0.5, 0.6) is 0 Å². The van der Waals surface area contributed by atoms with E-state index >= 15 is 0 Å². The molecule has 0 heterocycles. The molecule has 0 bridgehead atoms. The summed E-state index contributed by atoms with van der Waals surface area (Å²) in [7, 11) is 0. The normalized spacial score (nSPS) is 9.50. The predicted octanol–water partition coefficient (Wildman–Crippen LogP) is 2.95. The van der Waals surface area contributed by atoms with Crippen molar-refractivity contribution in [2.75, 3.05) is 11.7 Å². The molecule has 64 valence electrons. The average molecular weight is 165 g/mol. The molecule has 1 nitrogen and oxygen atoms in total. The molecule has 2 heteroatoms. The lowest BCUT2D eigenvalue weighted by atomic mass is 10.3. The van der Waals surface area contributed by atoms with E-state index in [4.69, 9.17) is 0 Å². The largest absolute Gasteiger partial charge is 0.208 e. The fourth-order valence-electron chi connectivity index (χ4n) is 0.918. The third-order valence-electron chi connectivity index (χ3n) is 1.45. The molecule has 0 aliphatic carbocycles. The summed E-state index contributed by atoms with van der Waals surface area (Å²) in [6.45, 7) is 5.69. The van der Waals surface area contributed by atoms with Gasteiger partial charge in [-0.1, -0.05) is 34.8 Å². The SMILES string of the molecule is C=C(C)CN(F)c1ccccc1. The van der Waals surface area contributed by atoms with Crippen molar-refractivity contribution in [3.63, 3.8) is 0 Å². The van der Waals surface area contributed by atoms with Crippen molar-refractivity contribution in [1.29, 1.82) is 0 Å². The van der Waals surface area contributed by atoms with Crippen molar-refractivity contribution < 1.29 is 4.48 Å². The minimum absolute atomic E-state index is 0.254. The molecule has 0 unspecified atom stereocenters. The van der Waals surface area contributed by atoms with Gasteiger partial charge in [-0.15, -0.1) is 0 Å². The maximum atomic E-state index is 13.2. The second kappa shape index (κ2) is 3.90. The van der Waals surface area contributed by atoms with Gasteiger partial charge in [0, 0.05) is 0 Å². The highest BCUT2D eigenvalue weighted by molar-refractivity contribution is 5.43. The number of anilines is 1. The van der Waals surface area contributed by atoms with Crippen LogP contribution in [0.25, 0.3) is 0 Å². The van der Waals surface area contributed by atoms with Crippen molar-refractivity contribution in [3.05, 3.63) is 42.5 Å². The van der Waals surface area contributed by atoms with E-state index in [1.165, 1.54) is 0 Å². The maximum absolute atomic E-state index is 13.2. The van der Waals surface area contributed by atoms with Gasteiger partial charge in [-0.05, 0) is 19.1 Å². The van der Waals surface area contributed by atoms with Crippen LogP contribution in [-0.4, -0.2) is 6.54 Å². The molecule has 12 heavy (non-hydrogen) atoms. The highest BCUT2D eigenvalue weighted by Gasteiger charge is 2.02. The van der Waals surface area contributed by atoms with Crippen LogP contribution in [0, 0.1) is 0 Å². The lowest BCUT2D eigenvalue weighted by Gasteiger charge is -2.12. The van der Waals surface area contributed by atoms with Gasteiger partial charge >= 0.3 is 0 Å². The lowest BCUT2D eigenvalue weighted by molar-refractivity contribution is 0.450. The zero-order valence-electron chi connectivity index (χ0n) is 7.13. The Kier molecular flexibility index (Phi) is 2.86. The van der Waals surface area contributed by atoms with Crippen LogP contribution in [0.1, 0.15) is 6.92 Å². The summed E-state index contributed by atoms with van der Waals surface area (Å²) in [5.74, 6) is 0. The Morgan fingerprint density at radius 2 is 2.00 bits per heavy atom. The summed E-state index contributed by atoms with van der Waals surface area (Å²) >= 11 is 0. The molecule has 0 aliphatic heterocycles. The number of hydrogen-bond donors (Lipinski definition) is 0. The maximum Gasteiger partial charge on any atom is 0.0710 e. The second-order valence-corrected chi connectivity index (χ2v) is 2.81. The van der Waals surface area contributed by atoms with Crippen molar-refractivity contribution in [2.45, 2.75) is 6.92 Å². The first-order valence-electron chi connectivity index (χ1n) is 3.83. The van der Waals surface area contributed by atoms with Crippen molar-refractivity contribution in [1.82, 2.24) is 0 Å². The second-order valence-electron chi connectivity index (χ2n) is 2.81. The first kappa shape index (κ1) is 8.78. The zero-order chi connectivity index (χ0) is 8.97. The molecule has 1 rings (SSSR count). The molecule has 0 N–H and O–H groups in total. The van der Waals surface area contributed by atoms with Gasteiger partial charge in [0.1, 0.15) is 0 Å². The number of hydrogen-bond acceptors (Lipinski definition) is 1. The van der Waals surface area contributed by atoms with Crippen molar-refractivity contribution in [2.24, 2.45) is 0 Å². The fraction of sp³-hybridized carbons (Fsp3) is 0.200. The number of benzene rings is 1. The number of rotatable bonds is 3. The third-order valence-corrected chi connectivity index (χ3v) is 1.45. The van der Waals surface area contributed by atoms with Crippen LogP contribution in [0.15, 0.2) is 42.5 Å². The molecule has 1 aromatic carbocycles. The van der Waals surface area contributed by atoms with E-state index in [9.17, 15) is 4.48 Å². The molecule has 0 aliphatic rings. The molecule has 0 aromatic heterocycles. The number of halogens is 1. The molecule has 0 saturated heterocycles. The summed E-state index contributed by atoms with van der Waals surface area (Å²) in [4.78, 5) is 0. The van der Waals surface area contributed by atoms with Crippen LogP contribution in [0.3, 0.4) is 0 Å². The third kappa shape index (κ3) is 2.38. The highest BCUT2D eigenvalue weighted by Crippen LogP contribution is 2.14. The Hall–Kier alpha value is -1.31. The van der Waals surface area contributed by atoms with Gasteiger partial charge in [-0.25, -0.2) is 5.12 Å². The topological polar surface area (TPSA) is 3.24 Å². The van der Waals surface area contributed by atoms with Gasteiger partial charge in [-0.3, -0.25) is 0 Å². The van der Waals surface area contributed by atoms with Gasteiger partial charge in [0.25, 0.3) is 0 Å². The molecule has 0 radical (unpaired) electrons. The minimum Gasteiger partial charge on any atom is -0.208 e. The summed E-state index contributed by atoms with van der Waals surface area (Å²) < 4.78 is 13.2. The monoisotopic (exact) mass is 165 g/mol. The standard InChI is InChI=1S/C10H12FN/c1-9(2)8-12(11)10-6-4-3-5-7-10/h3-7H,1,8H2,2H3. The summed E-state index contributed by atoms with van der Waals surface area (Å²) in [6.07, 6.45) is 0. The van der Waals surface area contributed by atoms with Gasteiger partial charge in [-0.2, -0.15) is 0 Å². The Bertz CT molecular complexity index is 256. The van der Waals surface area contributed by atoms with Crippen LogP contribution in [0.4, 0.5) is 10.2 Å². The molecular formula is C10H12FN. The summed E-state index contributed by atoms with van der Waals surface area (Å²) in [5, 5.41) is 0.683.